The molecule has 0 atom stereocenters. The van der Waals surface area contributed by atoms with Crippen LogP contribution in [0.25, 0.3) is 17.1 Å². The van der Waals surface area contributed by atoms with Crippen LogP contribution >= 0.6 is 23.4 Å². The zero-order valence-corrected chi connectivity index (χ0v) is 19.5. The Morgan fingerprint density at radius 1 is 0.844 bits per heavy atom. The normalized spacial score (nSPS) is 10.8. The van der Waals surface area contributed by atoms with Crippen LogP contribution in [0, 0.1) is 0 Å². The Balaban J connectivity index is 1.82. The van der Waals surface area contributed by atoms with E-state index in [0.717, 1.165) is 22.2 Å². The molecule has 0 aliphatic carbocycles. The lowest BCUT2D eigenvalue weighted by atomic mass is 10.1. The number of hydrogen-bond acceptors (Lipinski definition) is 6. The number of hydrogen-bond donors (Lipinski definition) is 0. The lowest BCUT2D eigenvalue weighted by Crippen LogP contribution is -2.01. The lowest BCUT2D eigenvalue weighted by Gasteiger charge is -2.15. The van der Waals surface area contributed by atoms with Crippen LogP contribution in [0.4, 0.5) is 0 Å². The summed E-state index contributed by atoms with van der Waals surface area (Å²) in [6.07, 6.45) is 0. The van der Waals surface area contributed by atoms with Gasteiger partial charge < -0.3 is 14.2 Å². The van der Waals surface area contributed by atoms with Crippen molar-refractivity contribution in [1.82, 2.24) is 14.8 Å². The summed E-state index contributed by atoms with van der Waals surface area (Å²) in [7, 11) is 4.76. The fraction of sp³-hybridized carbons (Fsp3) is 0.167. The molecule has 0 saturated heterocycles. The Morgan fingerprint density at radius 3 is 2.09 bits per heavy atom. The zero-order valence-electron chi connectivity index (χ0n) is 17.9. The molecule has 0 spiro atoms. The number of benzene rings is 3. The van der Waals surface area contributed by atoms with Crippen LogP contribution in [0.1, 0.15) is 5.56 Å². The molecule has 3 aromatic carbocycles. The molecule has 0 unspecified atom stereocenters. The molecule has 8 heteroatoms. The van der Waals surface area contributed by atoms with Gasteiger partial charge in [0.2, 0.25) is 5.75 Å². The van der Waals surface area contributed by atoms with Crippen LogP contribution in [-0.2, 0) is 5.75 Å². The zero-order chi connectivity index (χ0) is 22.5. The highest BCUT2D eigenvalue weighted by Crippen LogP contribution is 2.42. The molecular weight excluding hydrogens is 446 g/mol. The van der Waals surface area contributed by atoms with E-state index < -0.39 is 0 Å². The maximum absolute atomic E-state index is 6.13. The van der Waals surface area contributed by atoms with Gasteiger partial charge in [-0.05, 0) is 42.0 Å². The molecule has 32 heavy (non-hydrogen) atoms. The fourth-order valence-electron chi connectivity index (χ4n) is 3.31. The first-order chi connectivity index (χ1) is 15.6. The number of thioether (sulfide) groups is 1. The average Bonchev–Trinajstić information content (AvgIpc) is 3.26. The Bertz CT molecular complexity index is 1170. The summed E-state index contributed by atoms with van der Waals surface area (Å²) in [5, 5.41) is 10.4. The van der Waals surface area contributed by atoms with E-state index in [2.05, 4.69) is 22.3 Å². The van der Waals surface area contributed by atoms with Gasteiger partial charge in [0.1, 0.15) is 0 Å². The van der Waals surface area contributed by atoms with E-state index >= 15 is 0 Å². The Kier molecular flexibility index (Phi) is 6.87. The Hall–Kier alpha value is -3.16. The molecule has 0 saturated carbocycles. The third-order valence-electron chi connectivity index (χ3n) is 4.85. The van der Waals surface area contributed by atoms with E-state index in [-0.39, 0.29) is 0 Å². The quantitative estimate of drug-likeness (QED) is 0.300. The van der Waals surface area contributed by atoms with E-state index in [1.807, 2.05) is 59.2 Å². The van der Waals surface area contributed by atoms with E-state index in [0.29, 0.717) is 28.1 Å². The minimum absolute atomic E-state index is 0.523. The van der Waals surface area contributed by atoms with Crippen molar-refractivity contribution in [1.29, 1.82) is 0 Å². The van der Waals surface area contributed by atoms with Crippen molar-refractivity contribution in [3.8, 4) is 34.3 Å². The summed E-state index contributed by atoms with van der Waals surface area (Å²) in [4.78, 5) is 0. The molecule has 0 bridgehead atoms. The number of aromatic nitrogens is 3. The number of nitrogens with zero attached hydrogens (tertiary/aromatic N) is 3. The fourth-order valence-corrected chi connectivity index (χ4v) is 4.34. The second-order valence-corrected chi connectivity index (χ2v) is 8.19. The van der Waals surface area contributed by atoms with E-state index in [4.69, 9.17) is 25.8 Å². The molecule has 6 nitrogen and oxygen atoms in total. The molecule has 1 aromatic heterocycles. The second kappa shape index (κ2) is 9.97. The highest BCUT2D eigenvalue weighted by molar-refractivity contribution is 7.98. The molecule has 4 rings (SSSR count). The summed E-state index contributed by atoms with van der Waals surface area (Å²) >= 11 is 7.74. The summed E-state index contributed by atoms with van der Waals surface area (Å²) in [6, 6.07) is 21.6. The van der Waals surface area contributed by atoms with Gasteiger partial charge in [-0.3, -0.25) is 4.57 Å². The third-order valence-corrected chi connectivity index (χ3v) is 6.10. The minimum Gasteiger partial charge on any atom is -0.493 e. The van der Waals surface area contributed by atoms with Crippen LogP contribution in [0.3, 0.4) is 0 Å². The van der Waals surface area contributed by atoms with Crippen molar-refractivity contribution >= 4 is 23.4 Å². The van der Waals surface area contributed by atoms with E-state index in [1.54, 1.807) is 33.1 Å². The predicted molar refractivity (Wildman–Crippen MR) is 127 cm³/mol. The van der Waals surface area contributed by atoms with Crippen LogP contribution in [-0.4, -0.2) is 36.1 Å². The van der Waals surface area contributed by atoms with Gasteiger partial charge in [0.15, 0.2) is 22.5 Å². The molecule has 0 fully saturated rings. The van der Waals surface area contributed by atoms with Gasteiger partial charge in [-0.25, -0.2) is 0 Å². The van der Waals surface area contributed by atoms with E-state index in [9.17, 15) is 0 Å². The van der Waals surface area contributed by atoms with Crippen molar-refractivity contribution in [3.05, 3.63) is 77.3 Å². The van der Waals surface area contributed by atoms with Gasteiger partial charge in [-0.1, -0.05) is 53.7 Å². The molecule has 0 N–H and O–H groups in total. The van der Waals surface area contributed by atoms with Gasteiger partial charge >= 0.3 is 0 Å². The number of rotatable bonds is 8. The van der Waals surface area contributed by atoms with E-state index in [1.165, 1.54) is 5.56 Å². The van der Waals surface area contributed by atoms with Crippen molar-refractivity contribution in [2.75, 3.05) is 21.3 Å². The predicted octanol–water partition coefficient (Wildman–Crippen LogP) is 5.91. The number of halogens is 1. The monoisotopic (exact) mass is 467 g/mol. The minimum atomic E-state index is 0.523. The van der Waals surface area contributed by atoms with Crippen LogP contribution in [0.5, 0.6) is 17.2 Å². The Morgan fingerprint density at radius 2 is 1.50 bits per heavy atom. The molecule has 0 amide bonds. The van der Waals surface area contributed by atoms with Gasteiger partial charge in [0, 0.05) is 22.0 Å². The maximum atomic E-state index is 6.13. The first-order valence-corrected chi connectivity index (χ1v) is 11.2. The second-order valence-electron chi connectivity index (χ2n) is 6.81. The first kappa shape index (κ1) is 22.0. The summed E-state index contributed by atoms with van der Waals surface area (Å²) in [5.41, 5.74) is 2.89. The molecular formula is C24H22ClN3O3S. The number of methoxy groups -OCH3 is 3. The van der Waals surface area contributed by atoms with Gasteiger partial charge in [0.25, 0.3) is 0 Å². The Labute approximate surface area is 196 Å². The lowest BCUT2D eigenvalue weighted by molar-refractivity contribution is 0.324. The molecule has 0 aliphatic heterocycles. The van der Waals surface area contributed by atoms with Crippen molar-refractivity contribution < 1.29 is 14.2 Å². The standard InChI is InChI=1S/C24H22ClN3O3S/c1-29-20-13-17(14-21(30-2)22(20)31-3)23-26-27-24(32-15-16-7-5-4-6-8-16)28(23)19-11-9-18(25)10-12-19/h4-14H,15H2,1-3H3. The summed E-state index contributed by atoms with van der Waals surface area (Å²) in [5.74, 6) is 3.04. The molecule has 164 valence electrons. The van der Waals surface area contributed by atoms with Gasteiger partial charge in [-0.2, -0.15) is 0 Å². The molecule has 1 heterocycles. The van der Waals surface area contributed by atoms with Crippen LogP contribution in [0.2, 0.25) is 5.02 Å². The van der Waals surface area contributed by atoms with Gasteiger partial charge in [0.05, 0.1) is 21.3 Å². The third kappa shape index (κ3) is 4.54. The smallest absolute Gasteiger partial charge is 0.203 e. The maximum Gasteiger partial charge on any atom is 0.203 e. The molecule has 4 aromatic rings. The topological polar surface area (TPSA) is 58.4 Å². The highest BCUT2D eigenvalue weighted by atomic mass is 35.5. The van der Waals surface area contributed by atoms with Crippen LogP contribution < -0.4 is 14.2 Å². The number of ether oxygens (including phenoxy) is 3. The average molecular weight is 468 g/mol. The van der Waals surface area contributed by atoms with Crippen molar-refractivity contribution in [2.24, 2.45) is 0 Å². The summed E-state index contributed by atoms with van der Waals surface area (Å²) in [6.45, 7) is 0. The van der Waals surface area contributed by atoms with Crippen LogP contribution in [0.15, 0.2) is 71.9 Å². The largest absolute Gasteiger partial charge is 0.493 e. The molecule has 0 aliphatic rings. The summed E-state index contributed by atoms with van der Waals surface area (Å²) < 4.78 is 18.5. The first-order valence-electron chi connectivity index (χ1n) is 9.83. The van der Waals surface area contributed by atoms with Crippen molar-refractivity contribution in [3.63, 3.8) is 0 Å². The SMILES string of the molecule is COc1cc(-c2nnc(SCc3ccccc3)n2-c2ccc(Cl)cc2)cc(OC)c1OC. The highest BCUT2D eigenvalue weighted by Gasteiger charge is 2.21. The van der Waals surface area contributed by atoms with Crippen molar-refractivity contribution in [2.45, 2.75) is 10.9 Å². The van der Waals surface area contributed by atoms with Gasteiger partial charge in [-0.15, -0.1) is 10.2 Å². The molecule has 0 radical (unpaired) electrons.